The SMILES string of the molecule is CC(C)(CCc1ccccc1)Nc1ncc([N+](=O)[O-])cn1. The standard InChI is InChI=1S/C15H18N4O2/c1-15(2,9-8-12-6-4-3-5-7-12)18-14-16-10-13(11-17-14)19(20)21/h3-7,10-11H,8-9H2,1-2H3,(H,16,17,18). The molecule has 2 aromatic rings. The van der Waals surface area contributed by atoms with Crippen LogP contribution in [0, 0.1) is 10.1 Å². The normalized spacial score (nSPS) is 11.1. The van der Waals surface area contributed by atoms with Crippen LogP contribution in [0.5, 0.6) is 0 Å². The van der Waals surface area contributed by atoms with Crippen molar-refractivity contribution in [1.29, 1.82) is 0 Å². The fourth-order valence-electron chi connectivity index (χ4n) is 1.95. The molecule has 0 aliphatic heterocycles. The number of anilines is 1. The minimum Gasteiger partial charge on any atom is -0.349 e. The highest BCUT2D eigenvalue weighted by atomic mass is 16.6. The molecule has 1 aromatic heterocycles. The van der Waals surface area contributed by atoms with E-state index in [0.717, 1.165) is 12.8 Å². The zero-order valence-electron chi connectivity index (χ0n) is 12.1. The van der Waals surface area contributed by atoms with Gasteiger partial charge in [0.2, 0.25) is 5.95 Å². The molecule has 0 amide bonds. The Hall–Kier alpha value is -2.50. The highest BCUT2D eigenvalue weighted by Gasteiger charge is 2.19. The third-order valence-corrected chi connectivity index (χ3v) is 3.18. The van der Waals surface area contributed by atoms with Crippen molar-refractivity contribution >= 4 is 11.6 Å². The van der Waals surface area contributed by atoms with Gasteiger partial charge in [-0.1, -0.05) is 30.3 Å². The van der Waals surface area contributed by atoms with E-state index in [1.807, 2.05) is 18.2 Å². The van der Waals surface area contributed by atoms with Crippen LogP contribution in [0.2, 0.25) is 0 Å². The second kappa shape index (κ2) is 6.30. The Balaban J connectivity index is 1.95. The van der Waals surface area contributed by atoms with Gasteiger partial charge in [0.15, 0.2) is 0 Å². The summed E-state index contributed by atoms with van der Waals surface area (Å²) in [5.74, 6) is 0.402. The van der Waals surface area contributed by atoms with E-state index in [1.165, 1.54) is 18.0 Å². The topological polar surface area (TPSA) is 81.0 Å². The molecule has 0 fully saturated rings. The van der Waals surface area contributed by atoms with Gasteiger partial charge in [0, 0.05) is 5.54 Å². The van der Waals surface area contributed by atoms with Crippen molar-refractivity contribution in [1.82, 2.24) is 9.97 Å². The van der Waals surface area contributed by atoms with Gasteiger partial charge in [-0.05, 0) is 32.3 Å². The highest BCUT2D eigenvalue weighted by molar-refractivity contribution is 5.33. The van der Waals surface area contributed by atoms with Crippen LogP contribution in [-0.2, 0) is 6.42 Å². The Morgan fingerprint density at radius 2 is 1.81 bits per heavy atom. The fourth-order valence-corrected chi connectivity index (χ4v) is 1.95. The minimum atomic E-state index is -0.510. The number of aryl methyl sites for hydroxylation is 1. The molecule has 6 heteroatoms. The molecule has 6 nitrogen and oxygen atoms in total. The van der Waals surface area contributed by atoms with Crippen LogP contribution in [0.4, 0.5) is 11.6 Å². The lowest BCUT2D eigenvalue weighted by Gasteiger charge is -2.26. The van der Waals surface area contributed by atoms with E-state index in [2.05, 4.69) is 41.3 Å². The summed E-state index contributed by atoms with van der Waals surface area (Å²) in [4.78, 5) is 18.0. The van der Waals surface area contributed by atoms with Gasteiger partial charge in [-0.2, -0.15) is 0 Å². The molecule has 0 saturated heterocycles. The van der Waals surface area contributed by atoms with E-state index in [1.54, 1.807) is 0 Å². The van der Waals surface area contributed by atoms with E-state index in [9.17, 15) is 10.1 Å². The number of hydrogen-bond acceptors (Lipinski definition) is 5. The summed E-state index contributed by atoms with van der Waals surface area (Å²) in [6.45, 7) is 4.11. The Morgan fingerprint density at radius 3 is 2.38 bits per heavy atom. The molecular formula is C15H18N4O2. The number of nitrogens with one attached hydrogen (secondary N) is 1. The van der Waals surface area contributed by atoms with Crippen molar-refractivity contribution < 1.29 is 4.92 Å². The van der Waals surface area contributed by atoms with Crippen LogP contribution >= 0.6 is 0 Å². The lowest BCUT2D eigenvalue weighted by atomic mass is 9.95. The van der Waals surface area contributed by atoms with Crippen LogP contribution in [-0.4, -0.2) is 20.4 Å². The van der Waals surface area contributed by atoms with E-state index in [-0.39, 0.29) is 11.2 Å². The number of aromatic nitrogens is 2. The first kappa shape index (κ1) is 14.9. The van der Waals surface area contributed by atoms with Crippen LogP contribution in [0.15, 0.2) is 42.7 Å². The second-order valence-electron chi connectivity index (χ2n) is 5.52. The van der Waals surface area contributed by atoms with E-state index in [4.69, 9.17) is 0 Å². The molecule has 0 aliphatic rings. The van der Waals surface area contributed by atoms with E-state index in [0.29, 0.717) is 5.95 Å². The van der Waals surface area contributed by atoms with Crippen molar-refractivity contribution in [2.24, 2.45) is 0 Å². The molecule has 0 spiro atoms. The quantitative estimate of drug-likeness (QED) is 0.651. The predicted octanol–water partition coefficient (Wildman–Crippen LogP) is 3.21. The Kier molecular flexibility index (Phi) is 4.47. The molecule has 0 radical (unpaired) electrons. The summed E-state index contributed by atoms with van der Waals surface area (Å²) in [7, 11) is 0. The second-order valence-corrected chi connectivity index (χ2v) is 5.52. The largest absolute Gasteiger partial charge is 0.349 e. The fraction of sp³-hybridized carbons (Fsp3) is 0.333. The molecule has 1 aromatic carbocycles. The molecule has 2 rings (SSSR count). The third kappa shape index (κ3) is 4.52. The Morgan fingerprint density at radius 1 is 1.19 bits per heavy atom. The van der Waals surface area contributed by atoms with Crippen molar-refractivity contribution in [3.8, 4) is 0 Å². The average Bonchev–Trinajstić information content (AvgIpc) is 2.46. The summed E-state index contributed by atoms with van der Waals surface area (Å²) in [6.07, 6.45) is 4.26. The predicted molar refractivity (Wildman–Crippen MR) is 81.2 cm³/mol. The molecule has 0 aliphatic carbocycles. The van der Waals surface area contributed by atoms with E-state index < -0.39 is 4.92 Å². The summed E-state index contributed by atoms with van der Waals surface area (Å²) >= 11 is 0. The molecule has 21 heavy (non-hydrogen) atoms. The van der Waals surface area contributed by atoms with Gasteiger partial charge in [-0.25, -0.2) is 9.97 Å². The molecular weight excluding hydrogens is 268 g/mol. The maximum atomic E-state index is 10.6. The molecule has 0 saturated carbocycles. The lowest BCUT2D eigenvalue weighted by Crippen LogP contribution is -2.32. The third-order valence-electron chi connectivity index (χ3n) is 3.18. The first-order valence-corrected chi connectivity index (χ1v) is 6.75. The molecule has 0 bridgehead atoms. The summed E-state index contributed by atoms with van der Waals surface area (Å²) in [5.41, 5.74) is 0.964. The van der Waals surface area contributed by atoms with Crippen LogP contribution in [0.25, 0.3) is 0 Å². The van der Waals surface area contributed by atoms with Crippen molar-refractivity contribution in [2.75, 3.05) is 5.32 Å². The van der Waals surface area contributed by atoms with Gasteiger partial charge in [0.1, 0.15) is 12.4 Å². The maximum absolute atomic E-state index is 10.6. The van der Waals surface area contributed by atoms with Crippen molar-refractivity contribution in [2.45, 2.75) is 32.2 Å². The van der Waals surface area contributed by atoms with Crippen molar-refractivity contribution in [3.05, 3.63) is 58.4 Å². The summed E-state index contributed by atoms with van der Waals surface area (Å²) in [5, 5.41) is 13.8. The lowest BCUT2D eigenvalue weighted by molar-refractivity contribution is -0.385. The molecule has 1 N–H and O–H groups in total. The first-order valence-electron chi connectivity index (χ1n) is 6.75. The first-order chi connectivity index (χ1) is 9.96. The number of nitro groups is 1. The molecule has 110 valence electrons. The molecule has 1 heterocycles. The zero-order chi connectivity index (χ0) is 15.3. The number of nitrogens with zero attached hydrogens (tertiary/aromatic N) is 3. The smallest absolute Gasteiger partial charge is 0.305 e. The van der Waals surface area contributed by atoms with Gasteiger partial charge in [-0.15, -0.1) is 0 Å². The highest BCUT2D eigenvalue weighted by Crippen LogP contribution is 2.18. The van der Waals surface area contributed by atoms with Crippen LogP contribution in [0.1, 0.15) is 25.8 Å². The van der Waals surface area contributed by atoms with Crippen molar-refractivity contribution in [3.63, 3.8) is 0 Å². The van der Waals surface area contributed by atoms with E-state index >= 15 is 0 Å². The number of hydrogen-bond donors (Lipinski definition) is 1. The summed E-state index contributed by atoms with van der Waals surface area (Å²) in [6, 6.07) is 10.2. The zero-order valence-corrected chi connectivity index (χ0v) is 12.1. The van der Waals surface area contributed by atoms with Gasteiger partial charge < -0.3 is 5.32 Å². The average molecular weight is 286 g/mol. The number of rotatable bonds is 6. The van der Waals surface area contributed by atoms with Gasteiger partial charge in [0.05, 0.1) is 4.92 Å². The Bertz CT molecular complexity index is 597. The molecule has 0 unspecified atom stereocenters. The Labute approximate surface area is 123 Å². The van der Waals surface area contributed by atoms with Crippen LogP contribution < -0.4 is 5.32 Å². The number of benzene rings is 1. The van der Waals surface area contributed by atoms with Gasteiger partial charge in [0.25, 0.3) is 0 Å². The van der Waals surface area contributed by atoms with Crippen LogP contribution in [0.3, 0.4) is 0 Å². The van der Waals surface area contributed by atoms with Gasteiger partial charge >= 0.3 is 5.69 Å². The minimum absolute atomic E-state index is 0.109. The van der Waals surface area contributed by atoms with Gasteiger partial charge in [-0.3, -0.25) is 10.1 Å². The molecule has 0 atom stereocenters. The summed E-state index contributed by atoms with van der Waals surface area (Å²) < 4.78 is 0. The monoisotopic (exact) mass is 286 g/mol. The maximum Gasteiger partial charge on any atom is 0.305 e.